The first kappa shape index (κ1) is 17.5. The van der Waals surface area contributed by atoms with Crippen LogP contribution in [0, 0.1) is 6.92 Å². The zero-order valence-electron chi connectivity index (χ0n) is 14.4. The van der Waals surface area contributed by atoms with Crippen LogP contribution in [0.4, 0.5) is 11.4 Å². The van der Waals surface area contributed by atoms with Crippen LogP contribution in [0.25, 0.3) is 0 Å². The fraction of sp³-hybridized carbons (Fsp3) is 0.368. The molecule has 4 heteroatoms. The quantitative estimate of drug-likeness (QED) is 0.731. The van der Waals surface area contributed by atoms with Crippen molar-refractivity contribution in [2.75, 3.05) is 18.5 Å². The Balaban J connectivity index is 2.45. The highest BCUT2D eigenvalue weighted by Crippen LogP contribution is 2.29. The SMILES string of the molecule is CCC1=C(Cl)C(=O)C(C)=CC1=Nc1ccc(N(C)CC)c(C)c1. The van der Waals surface area contributed by atoms with Crippen molar-refractivity contribution in [1.29, 1.82) is 0 Å². The van der Waals surface area contributed by atoms with Gasteiger partial charge in [-0.2, -0.15) is 0 Å². The number of Topliss-reactive ketones (excluding diaryl/α,β-unsaturated/α-hetero) is 1. The molecule has 0 aliphatic heterocycles. The molecule has 0 N–H and O–H groups in total. The number of aliphatic imine (C=N–C) groups is 1. The first-order chi connectivity index (χ1) is 10.9. The van der Waals surface area contributed by atoms with Crippen molar-refractivity contribution in [3.8, 4) is 0 Å². The summed E-state index contributed by atoms with van der Waals surface area (Å²) in [6.45, 7) is 8.93. The van der Waals surface area contributed by atoms with E-state index in [-0.39, 0.29) is 5.78 Å². The van der Waals surface area contributed by atoms with Crippen LogP contribution in [0.3, 0.4) is 0 Å². The summed E-state index contributed by atoms with van der Waals surface area (Å²) in [5, 5.41) is 0.297. The van der Waals surface area contributed by atoms with Crippen molar-refractivity contribution >= 4 is 34.5 Å². The summed E-state index contributed by atoms with van der Waals surface area (Å²) in [6.07, 6.45) is 2.51. The second-order valence-electron chi connectivity index (χ2n) is 5.78. The summed E-state index contributed by atoms with van der Waals surface area (Å²) < 4.78 is 0. The van der Waals surface area contributed by atoms with E-state index < -0.39 is 0 Å². The van der Waals surface area contributed by atoms with E-state index in [0.717, 1.165) is 23.5 Å². The minimum atomic E-state index is -0.0986. The molecule has 2 rings (SSSR count). The average Bonchev–Trinajstić information content (AvgIpc) is 2.52. The molecule has 0 fully saturated rings. The number of hydrogen-bond acceptors (Lipinski definition) is 3. The predicted octanol–water partition coefficient (Wildman–Crippen LogP) is 4.96. The topological polar surface area (TPSA) is 32.7 Å². The molecule has 0 amide bonds. The third-order valence-corrected chi connectivity index (χ3v) is 4.55. The highest BCUT2D eigenvalue weighted by atomic mass is 35.5. The van der Waals surface area contributed by atoms with Crippen LogP contribution in [0.5, 0.6) is 0 Å². The Morgan fingerprint density at radius 1 is 1.22 bits per heavy atom. The zero-order chi connectivity index (χ0) is 17.1. The molecule has 0 unspecified atom stereocenters. The highest BCUT2D eigenvalue weighted by Gasteiger charge is 2.22. The first-order valence-corrected chi connectivity index (χ1v) is 8.29. The van der Waals surface area contributed by atoms with Gasteiger partial charge in [0, 0.05) is 30.4 Å². The number of ketones is 1. The number of anilines is 1. The first-order valence-electron chi connectivity index (χ1n) is 7.91. The number of allylic oxidation sites excluding steroid dienone is 4. The fourth-order valence-electron chi connectivity index (χ4n) is 2.66. The van der Waals surface area contributed by atoms with Crippen molar-refractivity contribution in [2.24, 2.45) is 4.99 Å². The monoisotopic (exact) mass is 330 g/mol. The summed E-state index contributed by atoms with van der Waals surface area (Å²) in [6, 6.07) is 6.15. The van der Waals surface area contributed by atoms with Crippen LogP contribution in [0.2, 0.25) is 0 Å². The lowest BCUT2D eigenvalue weighted by Gasteiger charge is -2.20. The highest BCUT2D eigenvalue weighted by molar-refractivity contribution is 6.49. The zero-order valence-corrected chi connectivity index (χ0v) is 15.2. The van der Waals surface area contributed by atoms with E-state index in [1.807, 2.05) is 19.1 Å². The van der Waals surface area contributed by atoms with Crippen LogP contribution < -0.4 is 4.90 Å². The van der Waals surface area contributed by atoms with Crippen molar-refractivity contribution in [2.45, 2.75) is 34.1 Å². The molecule has 0 atom stereocenters. The molecule has 23 heavy (non-hydrogen) atoms. The van der Waals surface area contributed by atoms with Crippen LogP contribution in [-0.2, 0) is 4.79 Å². The van der Waals surface area contributed by atoms with Crippen molar-refractivity contribution in [3.63, 3.8) is 0 Å². The van der Waals surface area contributed by atoms with Gasteiger partial charge in [0.1, 0.15) is 0 Å². The van der Waals surface area contributed by atoms with Crippen LogP contribution in [0.15, 0.2) is 45.4 Å². The lowest BCUT2D eigenvalue weighted by molar-refractivity contribution is -0.111. The number of halogens is 1. The van der Waals surface area contributed by atoms with Crippen LogP contribution in [-0.4, -0.2) is 25.1 Å². The van der Waals surface area contributed by atoms with Gasteiger partial charge in [0.25, 0.3) is 0 Å². The number of rotatable bonds is 4. The smallest absolute Gasteiger partial charge is 0.200 e. The van der Waals surface area contributed by atoms with E-state index in [4.69, 9.17) is 16.6 Å². The van der Waals surface area contributed by atoms with E-state index in [2.05, 4.69) is 37.9 Å². The molecule has 0 bridgehead atoms. The average molecular weight is 331 g/mol. The molecule has 1 aromatic rings. The van der Waals surface area contributed by atoms with E-state index in [1.54, 1.807) is 6.92 Å². The molecule has 3 nitrogen and oxygen atoms in total. The maximum atomic E-state index is 12.0. The Bertz CT molecular complexity index is 729. The molecule has 0 aromatic heterocycles. The number of carbonyl (C=O) groups is 1. The Labute approximate surface area is 143 Å². The largest absolute Gasteiger partial charge is 0.375 e. The molecule has 1 aromatic carbocycles. The molecule has 0 radical (unpaired) electrons. The summed E-state index contributed by atoms with van der Waals surface area (Å²) in [5.74, 6) is -0.0986. The molecule has 1 aliphatic carbocycles. The third-order valence-electron chi connectivity index (χ3n) is 4.15. The molecular formula is C19H23ClN2O. The van der Waals surface area contributed by atoms with Crippen LogP contribution in [0.1, 0.15) is 32.8 Å². The van der Waals surface area contributed by atoms with Gasteiger partial charge in [-0.3, -0.25) is 4.79 Å². The Kier molecular flexibility index (Phi) is 5.42. The number of benzene rings is 1. The van der Waals surface area contributed by atoms with Gasteiger partial charge in [-0.15, -0.1) is 0 Å². The minimum Gasteiger partial charge on any atom is -0.375 e. The van der Waals surface area contributed by atoms with Gasteiger partial charge < -0.3 is 4.90 Å². The predicted molar refractivity (Wildman–Crippen MR) is 99.2 cm³/mol. The molecule has 0 saturated carbocycles. The maximum absolute atomic E-state index is 12.0. The van der Waals surface area contributed by atoms with Gasteiger partial charge in [0.2, 0.25) is 0 Å². The Hall–Kier alpha value is -1.87. The van der Waals surface area contributed by atoms with E-state index in [9.17, 15) is 4.79 Å². The van der Waals surface area contributed by atoms with Crippen molar-refractivity contribution < 1.29 is 4.79 Å². The minimum absolute atomic E-state index is 0.0986. The third kappa shape index (κ3) is 3.56. The molecule has 1 aliphatic rings. The van der Waals surface area contributed by atoms with Gasteiger partial charge in [-0.1, -0.05) is 18.5 Å². The summed E-state index contributed by atoms with van der Waals surface area (Å²) in [7, 11) is 2.07. The molecule has 0 spiro atoms. The summed E-state index contributed by atoms with van der Waals surface area (Å²) in [4.78, 5) is 18.9. The molecule has 0 heterocycles. The van der Waals surface area contributed by atoms with Gasteiger partial charge in [-0.05, 0) is 57.0 Å². The van der Waals surface area contributed by atoms with Crippen LogP contribution >= 0.6 is 11.6 Å². The standard InChI is InChI=1S/C19H23ClN2O/c1-6-15-16(11-13(4)19(23)18(15)20)21-14-8-9-17(12(3)10-14)22(5)7-2/h8-11H,6-7H2,1-5H3. The van der Waals surface area contributed by atoms with Gasteiger partial charge in [0.15, 0.2) is 5.78 Å². The maximum Gasteiger partial charge on any atom is 0.200 e. The van der Waals surface area contributed by atoms with Crippen molar-refractivity contribution in [1.82, 2.24) is 0 Å². The number of carbonyl (C=O) groups excluding carboxylic acids is 1. The normalized spacial score (nSPS) is 16.9. The van der Waals surface area contributed by atoms with Gasteiger partial charge in [-0.25, -0.2) is 4.99 Å². The Morgan fingerprint density at radius 2 is 1.91 bits per heavy atom. The number of aryl methyl sites for hydroxylation is 1. The fourth-order valence-corrected chi connectivity index (χ4v) is 3.04. The summed E-state index contributed by atoms with van der Waals surface area (Å²) >= 11 is 6.21. The number of hydrogen-bond donors (Lipinski definition) is 0. The van der Waals surface area contributed by atoms with Gasteiger partial charge in [0.05, 0.1) is 16.4 Å². The molecular weight excluding hydrogens is 308 g/mol. The lowest BCUT2D eigenvalue weighted by Crippen LogP contribution is -2.16. The number of nitrogens with zero attached hydrogens (tertiary/aromatic N) is 2. The van der Waals surface area contributed by atoms with E-state index in [0.29, 0.717) is 17.0 Å². The van der Waals surface area contributed by atoms with Crippen molar-refractivity contribution in [3.05, 3.63) is 46.0 Å². The molecule has 0 saturated heterocycles. The van der Waals surface area contributed by atoms with Gasteiger partial charge >= 0.3 is 0 Å². The van der Waals surface area contributed by atoms with E-state index >= 15 is 0 Å². The Morgan fingerprint density at radius 3 is 2.48 bits per heavy atom. The lowest BCUT2D eigenvalue weighted by atomic mass is 9.95. The molecule has 122 valence electrons. The second kappa shape index (κ2) is 7.14. The second-order valence-corrected chi connectivity index (χ2v) is 6.16. The van der Waals surface area contributed by atoms with E-state index in [1.165, 1.54) is 11.3 Å². The summed E-state index contributed by atoms with van der Waals surface area (Å²) in [5.41, 5.74) is 5.48.